The van der Waals surface area contributed by atoms with Crippen molar-refractivity contribution in [2.45, 2.75) is 44.2 Å². The molecule has 1 aliphatic carbocycles. The van der Waals surface area contributed by atoms with Gasteiger partial charge in [0.15, 0.2) is 0 Å². The summed E-state index contributed by atoms with van der Waals surface area (Å²) in [6.45, 7) is 1.95. The third-order valence-corrected chi connectivity index (χ3v) is 5.35. The summed E-state index contributed by atoms with van der Waals surface area (Å²) in [5, 5.41) is 13.8. The van der Waals surface area contributed by atoms with Crippen LogP contribution in [0.15, 0.2) is 28.4 Å². The second-order valence-electron chi connectivity index (χ2n) is 6.15. The Kier molecular flexibility index (Phi) is 4.03. The van der Waals surface area contributed by atoms with Crippen LogP contribution in [0, 0.1) is 6.92 Å². The second-order valence-corrected chi connectivity index (χ2v) is 7.07. The van der Waals surface area contributed by atoms with E-state index in [0.29, 0.717) is 18.4 Å². The molecule has 0 aromatic heterocycles. The Hall–Kier alpha value is -1.33. The Labute approximate surface area is 138 Å². The molecule has 1 fully saturated rings. The fourth-order valence-corrected chi connectivity index (χ4v) is 3.84. The molecule has 22 heavy (non-hydrogen) atoms. The van der Waals surface area contributed by atoms with Gasteiger partial charge in [-0.05, 0) is 55.9 Å². The van der Waals surface area contributed by atoms with Crippen LogP contribution in [-0.2, 0) is 9.53 Å². The minimum Gasteiger partial charge on any atom is -0.509 e. The maximum atomic E-state index is 12.5. The molecule has 1 aliphatic heterocycles. The average molecular weight is 366 g/mol. The highest BCUT2D eigenvalue weighted by atomic mass is 79.9. The molecule has 1 aromatic rings. The van der Waals surface area contributed by atoms with Gasteiger partial charge in [-0.2, -0.15) is 0 Å². The number of amides is 1. The number of nitrogens with one attached hydrogen (secondary N) is 1. The molecule has 1 amide bonds. The molecule has 1 saturated carbocycles. The molecule has 1 heterocycles. The summed E-state index contributed by atoms with van der Waals surface area (Å²) in [7, 11) is 1.71. The zero-order valence-electron chi connectivity index (χ0n) is 12.8. The quantitative estimate of drug-likeness (QED) is 0.843. The first-order valence-electron chi connectivity index (χ1n) is 7.52. The van der Waals surface area contributed by atoms with Crippen molar-refractivity contribution in [3.63, 3.8) is 0 Å². The third-order valence-electron chi connectivity index (χ3n) is 4.86. The van der Waals surface area contributed by atoms with E-state index in [4.69, 9.17) is 4.74 Å². The summed E-state index contributed by atoms with van der Waals surface area (Å²) in [4.78, 5) is 12.5. The van der Waals surface area contributed by atoms with Gasteiger partial charge in [0, 0.05) is 11.6 Å². The summed E-state index contributed by atoms with van der Waals surface area (Å²) in [6.07, 6.45) is 3.31. The number of halogens is 1. The standard InChI is InChI=1S/C17H20BrNO3/c1-10-3-4-11(18)9-13(10)14-15(20)17(19-16(14)21)7-5-12(22-2)6-8-17/h3-4,9,12,20H,5-8H2,1-2H3,(H,19,21)/t12-,17+. The number of rotatable bonds is 2. The van der Waals surface area contributed by atoms with E-state index in [1.807, 2.05) is 25.1 Å². The van der Waals surface area contributed by atoms with Crippen LogP contribution in [0.4, 0.5) is 0 Å². The van der Waals surface area contributed by atoms with Gasteiger partial charge in [-0.25, -0.2) is 0 Å². The lowest BCUT2D eigenvalue weighted by atomic mass is 9.79. The van der Waals surface area contributed by atoms with Crippen LogP contribution in [0.2, 0.25) is 0 Å². The highest BCUT2D eigenvalue weighted by molar-refractivity contribution is 9.10. The number of hydrogen-bond acceptors (Lipinski definition) is 3. The van der Waals surface area contributed by atoms with Crippen molar-refractivity contribution < 1.29 is 14.6 Å². The number of aryl methyl sites for hydroxylation is 1. The van der Waals surface area contributed by atoms with E-state index in [9.17, 15) is 9.90 Å². The molecule has 5 heteroatoms. The highest BCUT2D eigenvalue weighted by Gasteiger charge is 2.48. The van der Waals surface area contributed by atoms with Crippen LogP contribution >= 0.6 is 15.9 Å². The number of hydrogen-bond donors (Lipinski definition) is 2. The zero-order valence-corrected chi connectivity index (χ0v) is 14.4. The number of benzene rings is 1. The summed E-state index contributed by atoms with van der Waals surface area (Å²) in [5.41, 5.74) is 1.56. The van der Waals surface area contributed by atoms with Gasteiger partial charge in [-0.3, -0.25) is 4.79 Å². The van der Waals surface area contributed by atoms with Crippen LogP contribution < -0.4 is 5.32 Å². The third kappa shape index (κ3) is 2.46. The van der Waals surface area contributed by atoms with Gasteiger partial charge >= 0.3 is 0 Å². The Morgan fingerprint density at radius 3 is 2.68 bits per heavy atom. The summed E-state index contributed by atoms with van der Waals surface area (Å²) in [5.74, 6) is 0.00261. The summed E-state index contributed by atoms with van der Waals surface area (Å²) >= 11 is 3.44. The van der Waals surface area contributed by atoms with Gasteiger partial charge in [-0.15, -0.1) is 0 Å². The SMILES string of the molecule is CO[C@H]1CC[C@]2(CC1)NC(=O)C(c1cc(Br)ccc1C)=C2O. The molecule has 1 aromatic carbocycles. The molecule has 2 aliphatic rings. The summed E-state index contributed by atoms with van der Waals surface area (Å²) in [6, 6.07) is 5.77. The van der Waals surface area contributed by atoms with Crippen molar-refractivity contribution in [2.75, 3.05) is 7.11 Å². The maximum Gasteiger partial charge on any atom is 0.256 e. The molecule has 4 nitrogen and oxygen atoms in total. The second kappa shape index (κ2) is 5.70. The minimum absolute atomic E-state index is 0.186. The smallest absolute Gasteiger partial charge is 0.256 e. The fraction of sp³-hybridized carbons (Fsp3) is 0.471. The Bertz CT molecular complexity index is 645. The van der Waals surface area contributed by atoms with Crippen LogP contribution in [0.1, 0.15) is 36.8 Å². The van der Waals surface area contributed by atoms with E-state index >= 15 is 0 Å². The maximum absolute atomic E-state index is 12.5. The number of aliphatic hydroxyl groups is 1. The van der Waals surface area contributed by atoms with Crippen molar-refractivity contribution in [3.8, 4) is 0 Å². The molecule has 0 unspecified atom stereocenters. The molecule has 0 radical (unpaired) electrons. The van der Waals surface area contributed by atoms with Gasteiger partial charge in [-0.1, -0.05) is 22.0 Å². The van der Waals surface area contributed by atoms with E-state index in [1.165, 1.54) is 0 Å². The fourth-order valence-electron chi connectivity index (χ4n) is 3.48. The first kappa shape index (κ1) is 15.6. The van der Waals surface area contributed by atoms with Crippen molar-refractivity contribution in [2.24, 2.45) is 0 Å². The topological polar surface area (TPSA) is 58.6 Å². The predicted molar refractivity (Wildman–Crippen MR) is 88.6 cm³/mol. The monoisotopic (exact) mass is 365 g/mol. The first-order chi connectivity index (χ1) is 10.5. The lowest BCUT2D eigenvalue weighted by Crippen LogP contribution is -2.48. The van der Waals surface area contributed by atoms with Crippen LogP contribution in [0.25, 0.3) is 5.57 Å². The normalized spacial score (nSPS) is 28.3. The number of ether oxygens (including phenoxy) is 1. The lowest BCUT2D eigenvalue weighted by Gasteiger charge is -2.36. The van der Waals surface area contributed by atoms with Crippen molar-refractivity contribution in [3.05, 3.63) is 39.6 Å². The molecule has 0 bridgehead atoms. The number of carbonyl (C=O) groups excluding carboxylic acids is 1. The molecular formula is C17H20BrNO3. The first-order valence-corrected chi connectivity index (χ1v) is 8.32. The molecule has 1 spiro atoms. The Balaban J connectivity index is 2.00. The zero-order chi connectivity index (χ0) is 15.9. The molecule has 118 valence electrons. The minimum atomic E-state index is -0.615. The van der Waals surface area contributed by atoms with Gasteiger partial charge in [0.2, 0.25) is 0 Å². The van der Waals surface area contributed by atoms with E-state index in [1.54, 1.807) is 7.11 Å². The van der Waals surface area contributed by atoms with E-state index in [-0.39, 0.29) is 17.8 Å². The van der Waals surface area contributed by atoms with Crippen LogP contribution in [0.5, 0.6) is 0 Å². The van der Waals surface area contributed by atoms with E-state index in [2.05, 4.69) is 21.2 Å². The molecule has 3 rings (SSSR count). The van der Waals surface area contributed by atoms with Crippen molar-refractivity contribution >= 4 is 27.4 Å². The molecule has 0 saturated heterocycles. The van der Waals surface area contributed by atoms with E-state index in [0.717, 1.165) is 28.4 Å². The van der Waals surface area contributed by atoms with Gasteiger partial charge in [0.05, 0.1) is 17.2 Å². The Morgan fingerprint density at radius 1 is 1.36 bits per heavy atom. The highest BCUT2D eigenvalue weighted by Crippen LogP contribution is 2.42. The average Bonchev–Trinajstić information content (AvgIpc) is 2.74. The number of methoxy groups -OCH3 is 1. The number of carbonyl (C=O) groups is 1. The molecular weight excluding hydrogens is 346 g/mol. The van der Waals surface area contributed by atoms with Gasteiger partial charge in [0.1, 0.15) is 5.76 Å². The van der Waals surface area contributed by atoms with Gasteiger partial charge < -0.3 is 15.2 Å². The van der Waals surface area contributed by atoms with E-state index < -0.39 is 5.54 Å². The lowest BCUT2D eigenvalue weighted by molar-refractivity contribution is -0.116. The molecule has 0 atom stereocenters. The van der Waals surface area contributed by atoms with Gasteiger partial charge in [0.25, 0.3) is 5.91 Å². The summed E-state index contributed by atoms with van der Waals surface area (Å²) < 4.78 is 6.28. The number of aliphatic hydroxyl groups excluding tert-OH is 1. The van der Waals surface area contributed by atoms with Crippen LogP contribution in [0.3, 0.4) is 0 Å². The Morgan fingerprint density at radius 2 is 2.05 bits per heavy atom. The predicted octanol–water partition coefficient (Wildman–Crippen LogP) is 3.48. The largest absolute Gasteiger partial charge is 0.509 e. The van der Waals surface area contributed by atoms with Crippen molar-refractivity contribution in [1.82, 2.24) is 5.32 Å². The van der Waals surface area contributed by atoms with Crippen LogP contribution in [-0.4, -0.2) is 29.8 Å². The van der Waals surface area contributed by atoms with Crippen molar-refractivity contribution in [1.29, 1.82) is 0 Å². The molecule has 2 N–H and O–H groups in total.